The summed E-state index contributed by atoms with van der Waals surface area (Å²) in [6.07, 6.45) is -2.63. The van der Waals surface area contributed by atoms with Crippen LogP contribution in [-0.2, 0) is 11.2 Å². The average molecular weight is 570 g/mol. The van der Waals surface area contributed by atoms with Gasteiger partial charge in [0.25, 0.3) is 0 Å². The maximum atomic E-state index is 13.8. The molecule has 2 atom stereocenters. The van der Waals surface area contributed by atoms with Crippen LogP contribution in [0.25, 0.3) is 0 Å². The molecule has 4 aromatic carbocycles. The lowest BCUT2D eigenvalue weighted by Gasteiger charge is -2.34. The van der Waals surface area contributed by atoms with E-state index in [1.54, 1.807) is 0 Å². The fourth-order valence-corrected chi connectivity index (χ4v) is 4.24. The quantitative estimate of drug-likeness (QED) is 0.125. The summed E-state index contributed by atoms with van der Waals surface area (Å²) in [6.45, 7) is 0. The van der Waals surface area contributed by atoms with Crippen molar-refractivity contribution in [3.63, 3.8) is 0 Å². The summed E-state index contributed by atoms with van der Waals surface area (Å²) < 4.78 is 71.0. The van der Waals surface area contributed by atoms with Crippen molar-refractivity contribution >= 4 is 11.9 Å². The van der Waals surface area contributed by atoms with E-state index in [4.69, 9.17) is 14.2 Å². The molecule has 1 heterocycles. The molecule has 0 unspecified atom stereocenters. The van der Waals surface area contributed by atoms with E-state index in [2.05, 4.69) is 0 Å². The van der Waals surface area contributed by atoms with Gasteiger partial charge in [0.1, 0.15) is 23.4 Å². The van der Waals surface area contributed by atoms with E-state index in [0.717, 1.165) is 42.5 Å². The van der Waals surface area contributed by atoms with Crippen molar-refractivity contribution in [1.29, 1.82) is 0 Å². The average Bonchev–Trinajstić information content (AvgIpc) is 2.93. The summed E-state index contributed by atoms with van der Waals surface area (Å²) >= 11 is 0. The molecule has 3 N–H and O–H groups in total. The van der Waals surface area contributed by atoms with Crippen LogP contribution in [-0.4, -0.2) is 33.4 Å². The number of benzene rings is 4. The van der Waals surface area contributed by atoms with Crippen molar-refractivity contribution in [2.24, 2.45) is 0 Å². The lowest BCUT2D eigenvalue weighted by Crippen LogP contribution is -2.35. The summed E-state index contributed by atoms with van der Waals surface area (Å²) in [5.41, 5.74) is -0.312. The second kappa shape index (κ2) is 10.7. The molecule has 4 aromatic rings. The molecule has 12 heteroatoms. The molecule has 41 heavy (non-hydrogen) atoms. The van der Waals surface area contributed by atoms with Crippen molar-refractivity contribution in [2.45, 2.75) is 18.6 Å². The molecule has 5 rings (SSSR count). The molecule has 8 nitrogen and oxygen atoms in total. The first-order chi connectivity index (χ1) is 19.5. The molecule has 1 aliphatic rings. The smallest absolute Gasteiger partial charge is 0.343 e. The minimum Gasteiger partial charge on any atom is -0.508 e. The van der Waals surface area contributed by atoms with Gasteiger partial charge in [-0.3, -0.25) is 0 Å². The third-order valence-electron chi connectivity index (χ3n) is 6.25. The van der Waals surface area contributed by atoms with E-state index in [-0.39, 0.29) is 40.2 Å². The molecular weight excluding hydrogens is 552 g/mol. The van der Waals surface area contributed by atoms with Crippen molar-refractivity contribution < 1.29 is 56.7 Å². The number of phenolic OH excluding ortho intramolecular Hbond substituents is 3. The van der Waals surface area contributed by atoms with Gasteiger partial charge in [-0.1, -0.05) is 6.07 Å². The lowest BCUT2D eigenvalue weighted by atomic mass is 9.93. The summed E-state index contributed by atoms with van der Waals surface area (Å²) in [4.78, 5) is 25.6. The predicted octanol–water partition coefficient (Wildman–Crippen LogP) is 5.48. The highest BCUT2D eigenvalue weighted by atomic mass is 19.2. The Labute approximate surface area is 228 Å². The van der Waals surface area contributed by atoms with Gasteiger partial charge in [-0.05, 0) is 48.5 Å². The van der Waals surface area contributed by atoms with Crippen molar-refractivity contribution in [3.05, 3.63) is 112 Å². The molecule has 0 amide bonds. The van der Waals surface area contributed by atoms with Crippen LogP contribution < -0.4 is 9.47 Å². The van der Waals surface area contributed by atoms with E-state index in [9.17, 15) is 42.5 Å². The Hall–Kier alpha value is -5.26. The molecule has 0 fully saturated rings. The maximum Gasteiger partial charge on any atom is 0.343 e. The van der Waals surface area contributed by atoms with Crippen molar-refractivity contribution in [2.75, 3.05) is 0 Å². The summed E-state index contributed by atoms with van der Waals surface area (Å²) in [5.74, 6) is -8.72. The van der Waals surface area contributed by atoms with E-state index >= 15 is 0 Å². The normalized spacial score (nSPS) is 15.9. The standard InChI is InChI=1S/C29H18F4O8/c30-18-4-1-14(7-20(18)32)28(37)40-25-11-16(34)10-24-17(25)12-26(27(39-24)13-3-6-22(35)23(36)9-13)41-29(38)15-2-5-19(31)21(33)8-15/h1-11,26-27,34-36H,12H2/t26-,27-/m1/s1. The highest BCUT2D eigenvalue weighted by molar-refractivity contribution is 5.91. The molecule has 1 aliphatic heterocycles. The van der Waals surface area contributed by atoms with Gasteiger partial charge in [-0.15, -0.1) is 0 Å². The zero-order chi connectivity index (χ0) is 29.4. The number of phenols is 3. The van der Waals surface area contributed by atoms with Crippen LogP contribution >= 0.6 is 0 Å². The Morgan fingerprint density at radius 3 is 1.98 bits per heavy atom. The zero-order valence-corrected chi connectivity index (χ0v) is 20.6. The van der Waals surface area contributed by atoms with Crippen LogP contribution in [0.5, 0.6) is 28.7 Å². The van der Waals surface area contributed by atoms with Crippen molar-refractivity contribution in [1.82, 2.24) is 0 Å². The van der Waals surface area contributed by atoms with E-state index in [1.807, 2.05) is 0 Å². The van der Waals surface area contributed by atoms with Crippen molar-refractivity contribution in [3.8, 4) is 28.7 Å². The minimum atomic E-state index is -1.29. The number of carbonyl (C=O) groups is 2. The molecule has 0 saturated carbocycles. The van der Waals surface area contributed by atoms with E-state index in [0.29, 0.717) is 12.1 Å². The van der Waals surface area contributed by atoms with Gasteiger partial charge < -0.3 is 29.5 Å². The second-order valence-electron chi connectivity index (χ2n) is 9.00. The van der Waals surface area contributed by atoms with Crippen LogP contribution in [0.3, 0.4) is 0 Å². The van der Waals surface area contributed by atoms with Gasteiger partial charge in [0.15, 0.2) is 40.9 Å². The van der Waals surface area contributed by atoms with Crippen LogP contribution in [0.15, 0.2) is 66.7 Å². The predicted molar refractivity (Wildman–Crippen MR) is 132 cm³/mol. The summed E-state index contributed by atoms with van der Waals surface area (Å²) in [6, 6.07) is 10.7. The Morgan fingerprint density at radius 1 is 0.732 bits per heavy atom. The minimum absolute atomic E-state index is 0.0178. The Bertz CT molecular complexity index is 1690. The first kappa shape index (κ1) is 27.3. The Kier molecular flexibility index (Phi) is 7.14. The fourth-order valence-electron chi connectivity index (χ4n) is 4.24. The van der Waals surface area contributed by atoms with Gasteiger partial charge >= 0.3 is 11.9 Å². The topological polar surface area (TPSA) is 123 Å². The number of carbonyl (C=O) groups excluding carboxylic acids is 2. The highest BCUT2D eigenvalue weighted by Gasteiger charge is 2.37. The lowest BCUT2D eigenvalue weighted by molar-refractivity contribution is -0.0189. The van der Waals surface area contributed by atoms with Gasteiger partial charge in [-0.2, -0.15) is 0 Å². The second-order valence-corrected chi connectivity index (χ2v) is 9.00. The maximum absolute atomic E-state index is 13.8. The van der Waals surface area contributed by atoms with E-state index < -0.39 is 64.7 Å². The van der Waals surface area contributed by atoms with Crippen LogP contribution in [0.4, 0.5) is 17.6 Å². The molecular formula is C29H18F4O8. The highest BCUT2D eigenvalue weighted by Crippen LogP contribution is 2.44. The van der Waals surface area contributed by atoms with Gasteiger partial charge in [0, 0.05) is 29.7 Å². The van der Waals surface area contributed by atoms with Gasteiger partial charge in [0.05, 0.1) is 11.1 Å². The molecule has 0 bridgehead atoms. The first-order valence-electron chi connectivity index (χ1n) is 11.9. The van der Waals surface area contributed by atoms with Crippen LogP contribution in [0.2, 0.25) is 0 Å². The number of esters is 2. The van der Waals surface area contributed by atoms with Crippen LogP contribution in [0, 0.1) is 23.3 Å². The number of rotatable bonds is 5. The monoisotopic (exact) mass is 570 g/mol. The molecule has 0 aliphatic carbocycles. The number of ether oxygens (including phenoxy) is 3. The van der Waals surface area contributed by atoms with Gasteiger partial charge in [-0.25, -0.2) is 27.2 Å². The molecule has 0 aromatic heterocycles. The number of fused-ring (bicyclic) bond motifs is 1. The van der Waals surface area contributed by atoms with Gasteiger partial charge in [0.2, 0.25) is 0 Å². The number of aromatic hydroxyl groups is 3. The largest absolute Gasteiger partial charge is 0.508 e. The molecule has 0 saturated heterocycles. The molecule has 0 radical (unpaired) electrons. The van der Waals surface area contributed by atoms with E-state index in [1.165, 1.54) is 12.1 Å². The van der Waals surface area contributed by atoms with Crippen LogP contribution in [0.1, 0.15) is 37.9 Å². The Morgan fingerprint density at radius 2 is 1.37 bits per heavy atom. The summed E-state index contributed by atoms with van der Waals surface area (Å²) in [5, 5.41) is 30.0. The molecule has 210 valence electrons. The first-order valence-corrected chi connectivity index (χ1v) is 11.9. The summed E-state index contributed by atoms with van der Waals surface area (Å²) in [7, 11) is 0. The fraction of sp³-hybridized carbons (Fsp3) is 0.103. The molecule has 0 spiro atoms. The number of hydrogen-bond acceptors (Lipinski definition) is 8. The zero-order valence-electron chi connectivity index (χ0n) is 20.6. The number of halogens is 4. The SMILES string of the molecule is O=C(Oc1cc(O)cc2c1C[C@@H](OC(=O)c1ccc(F)c(F)c1)[C@@H](c1ccc(O)c(O)c1)O2)c1ccc(F)c(F)c1. The third-order valence-corrected chi connectivity index (χ3v) is 6.25. The Balaban J connectivity index is 1.52. The number of hydrogen-bond donors (Lipinski definition) is 3. The third kappa shape index (κ3) is 5.57.